The summed E-state index contributed by atoms with van der Waals surface area (Å²) in [4.78, 5) is 22.3. The van der Waals surface area contributed by atoms with Crippen molar-refractivity contribution in [1.82, 2.24) is 5.43 Å². The summed E-state index contributed by atoms with van der Waals surface area (Å²) in [7, 11) is 0. The van der Waals surface area contributed by atoms with Crippen LogP contribution in [0.15, 0.2) is 29.4 Å². The number of nitro groups is 1. The Kier molecular flexibility index (Phi) is 3.92. The molecule has 6 heteroatoms. The van der Waals surface area contributed by atoms with Crippen molar-refractivity contribution >= 4 is 17.3 Å². The fraction of sp³-hybridized carbons (Fsp3) is 0.500. The van der Waals surface area contributed by atoms with Crippen molar-refractivity contribution in [2.45, 2.75) is 32.6 Å². The highest BCUT2D eigenvalue weighted by atomic mass is 16.6. The molecule has 3 rings (SSSR count). The summed E-state index contributed by atoms with van der Waals surface area (Å²) < 4.78 is 0. The topological polar surface area (TPSA) is 84.6 Å². The molecule has 22 heavy (non-hydrogen) atoms. The lowest BCUT2D eigenvalue weighted by atomic mass is 9.86. The number of non-ortho nitro benzene ring substituents is 1. The zero-order valence-electron chi connectivity index (χ0n) is 12.5. The van der Waals surface area contributed by atoms with Crippen LogP contribution in [0.4, 0.5) is 5.69 Å². The zero-order valence-corrected chi connectivity index (χ0v) is 12.5. The number of hydrogen-bond donors (Lipinski definition) is 1. The van der Waals surface area contributed by atoms with E-state index in [1.807, 2.05) is 6.92 Å². The summed E-state index contributed by atoms with van der Waals surface area (Å²) in [6.45, 7) is 1.96. The van der Waals surface area contributed by atoms with E-state index in [2.05, 4.69) is 10.5 Å². The molecule has 1 aromatic carbocycles. The van der Waals surface area contributed by atoms with Gasteiger partial charge in [0.25, 0.3) is 11.6 Å². The molecule has 2 aliphatic carbocycles. The molecule has 3 atom stereocenters. The number of fused-ring (bicyclic) bond motifs is 2. The number of amides is 1. The number of nitro benzene ring substituents is 1. The molecule has 2 bridgehead atoms. The van der Waals surface area contributed by atoms with Crippen molar-refractivity contribution in [3.05, 3.63) is 39.9 Å². The Bertz CT molecular complexity index is 641. The minimum atomic E-state index is -0.513. The van der Waals surface area contributed by atoms with Crippen LogP contribution < -0.4 is 5.43 Å². The average molecular weight is 301 g/mol. The van der Waals surface area contributed by atoms with Gasteiger partial charge in [-0.2, -0.15) is 5.10 Å². The number of hydrogen-bond acceptors (Lipinski definition) is 4. The van der Waals surface area contributed by atoms with Gasteiger partial charge in [-0.1, -0.05) is 12.5 Å². The highest BCUT2D eigenvalue weighted by Crippen LogP contribution is 2.48. The number of rotatable bonds is 4. The highest BCUT2D eigenvalue weighted by Gasteiger charge is 2.40. The number of carbonyl (C=O) groups excluding carboxylic acids is 1. The van der Waals surface area contributed by atoms with E-state index in [1.165, 1.54) is 43.9 Å². The minimum absolute atomic E-state index is 0.0959. The Morgan fingerprint density at radius 3 is 2.82 bits per heavy atom. The van der Waals surface area contributed by atoms with Crippen LogP contribution in [-0.4, -0.2) is 16.5 Å². The molecular weight excluding hydrogens is 282 g/mol. The predicted octanol–water partition coefficient (Wildman–Crippen LogP) is 3.14. The maximum atomic E-state index is 12.1. The second-order valence-electron chi connectivity index (χ2n) is 6.28. The van der Waals surface area contributed by atoms with Crippen LogP contribution >= 0.6 is 0 Å². The number of nitrogens with zero attached hydrogens (tertiary/aromatic N) is 2. The van der Waals surface area contributed by atoms with Gasteiger partial charge in [0.1, 0.15) is 0 Å². The van der Waals surface area contributed by atoms with E-state index in [9.17, 15) is 14.9 Å². The molecule has 0 heterocycles. The van der Waals surface area contributed by atoms with Gasteiger partial charge < -0.3 is 0 Å². The molecule has 6 nitrogen and oxygen atoms in total. The zero-order chi connectivity index (χ0) is 15.7. The summed E-state index contributed by atoms with van der Waals surface area (Å²) in [6, 6.07) is 5.67. The molecule has 2 fully saturated rings. The third-order valence-electron chi connectivity index (χ3n) is 4.93. The summed E-state index contributed by atoms with van der Waals surface area (Å²) in [5.41, 5.74) is 3.64. The van der Waals surface area contributed by atoms with Crippen molar-refractivity contribution in [3.8, 4) is 0 Å². The van der Waals surface area contributed by atoms with E-state index in [0.29, 0.717) is 11.8 Å². The lowest BCUT2D eigenvalue weighted by Gasteiger charge is -2.21. The molecule has 0 radical (unpaired) electrons. The summed E-state index contributed by atoms with van der Waals surface area (Å²) in [5, 5.41) is 15.0. The quantitative estimate of drug-likeness (QED) is 0.526. The SMILES string of the molecule is C/C(=N\NC(=O)c1cccc([N+](=O)[O-])c1)C1CC2CCC1C2. The minimum Gasteiger partial charge on any atom is -0.267 e. The van der Waals surface area contributed by atoms with Crippen LogP contribution in [0, 0.1) is 27.9 Å². The Labute approximate surface area is 128 Å². The molecule has 2 saturated carbocycles. The molecule has 1 aromatic rings. The van der Waals surface area contributed by atoms with Crippen LogP contribution in [0.25, 0.3) is 0 Å². The van der Waals surface area contributed by atoms with Crippen molar-refractivity contribution in [2.75, 3.05) is 0 Å². The normalized spacial score (nSPS) is 27.0. The molecule has 0 aliphatic heterocycles. The highest BCUT2D eigenvalue weighted by molar-refractivity contribution is 5.96. The van der Waals surface area contributed by atoms with Gasteiger partial charge in [-0.3, -0.25) is 14.9 Å². The fourth-order valence-electron chi connectivity index (χ4n) is 3.80. The first-order chi connectivity index (χ1) is 10.5. The van der Waals surface area contributed by atoms with Crippen molar-refractivity contribution in [3.63, 3.8) is 0 Å². The molecular formula is C16H19N3O3. The van der Waals surface area contributed by atoms with E-state index in [4.69, 9.17) is 0 Å². The average Bonchev–Trinajstić information content (AvgIpc) is 3.15. The lowest BCUT2D eigenvalue weighted by molar-refractivity contribution is -0.384. The summed E-state index contributed by atoms with van der Waals surface area (Å²) in [6.07, 6.45) is 5.05. The molecule has 116 valence electrons. The Balaban J connectivity index is 1.65. The molecule has 0 spiro atoms. The lowest BCUT2D eigenvalue weighted by Crippen LogP contribution is -2.24. The van der Waals surface area contributed by atoms with Gasteiger partial charge in [0.2, 0.25) is 0 Å². The molecule has 1 amide bonds. The van der Waals surface area contributed by atoms with E-state index in [0.717, 1.165) is 11.6 Å². The third-order valence-corrected chi connectivity index (χ3v) is 4.93. The Hall–Kier alpha value is -2.24. The van der Waals surface area contributed by atoms with Gasteiger partial charge in [0.05, 0.1) is 4.92 Å². The summed E-state index contributed by atoms with van der Waals surface area (Å²) >= 11 is 0. The monoisotopic (exact) mass is 301 g/mol. The van der Waals surface area contributed by atoms with E-state index >= 15 is 0 Å². The second kappa shape index (κ2) is 5.87. The Morgan fingerprint density at radius 2 is 2.18 bits per heavy atom. The number of hydrazone groups is 1. The van der Waals surface area contributed by atoms with Crippen molar-refractivity contribution in [1.29, 1.82) is 0 Å². The second-order valence-corrected chi connectivity index (χ2v) is 6.28. The maximum absolute atomic E-state index is 12.1. The third kappa shape index (κ3) is 2.86. The van der Waals surface area contributed by atoms with Crippen molar-refractivity contribution < 1.29 is 9.72 Å². The molecule has 0 saturated heterocycles. The number of carbonyl (C=O) groups is 1. The van der Waals surface area contributed by atoms with E-state index in [1.54, 1.807) is 6.07 Å². The molecule has 2 aliphatic rings. The van der Waals surface area contributed by atoms with Gasteiger partial charge in [-0.05, 0) is 44.1 Å². The number of nitrogens with one attached hydrogen (secondary N) is 1. The van der Waals surface area contributed by atoms with Gasteiger partial charge in [0.15, 0.2) is 0 Å². The van der Waals surface area contributed by atoms with Gasteiger partial charge >= 0.3 is 0 Å². The van der Waals surface area contributed by atoms with Crippen LogP contribution in [0.5, 0.6) is 0 Å². The van der Waals surface area contributed by atoms with E-state index < -0.39 is 10.8 Å². The van der Waals surface area contributed by atoms with Crippen LogP contribution in [0.2, 0.25) is 0 Å². The smallest absolute Gasteiger partial charge is 0.267 e. The van der Waals surface area contributed by atoms with Crippen LogP contribution in [-0.2, 0) is 0 Å². The molecule has 1 N–H and O–H groups in total. The predicted molar refractivity (Wildman–Crippen MR) is 82.6 cm³/mol. The van der Waals surface area contributed by atoms with Gasteiger partial charge in [-0.25, -0.2) is 5.43 Å². The van der Waals surface area contributed by atoms with Gasteiger partial charge in [0, 0.05) is 29.3 Å². The van der Waals surface area contributed by atoms with Crippen LogP contribution in [0.1, 0.15) is 43.0 Å². The van der Waals surface area contributed by atoms with Crippen molar-refractivity contribution in [2.24, 2.45) is 22.9 Å². The first-order valence-electron chi connectivity index (χ1n) is 7.63. The molecule has 0 aromatic heterocycles. The first kappa shape index (κ1) is 14.7. The van der Waals surface area contributed by atoms with Gasteiger partial charge in [-0.15, -0.1) is 0 Å². The van der Waals surface area contributed by atoms with Crippen LogP contribution in [0.3, 0.4) is 0 Å². The standard InChI is InChI=1S/C16H19N3O3/c1-10(15-8-11-5-6-12(15)7-11)17-18-16(20)13-3-2-4-14(9-13)19(21)22/h2-4,9,11-12,15H,5-8H2,1H3,(H,18,20)/b17-10+. The summed E-state index contributed by atoms with van der Waals surface area (Å²) in [5.74, 6) is 1.60. The Morgan fingerprint density at radius 1 is 1.36 bits per heavy atom. The fourth-order valence-corrected chi connectivity index (χ4v) is 3.80. The first-order valence-corrected chi connectivity index (χ1v) is 7.63. The molecule has 3 unspecified atom stereocenters. The largest absolute Gasteiger partial charge is 0.271 e. The number of benzene rings is 1. The van der Waals surface area contributed by atoms with E-state index in [-0.39, 0.29) is 11.3 Å². The maximum Gasteiger partial charge on any atom is 0.271 e.